The molecule has 106 valence electrons. The number of hydrogen-bond donors (Lipinski definition) is 2. The normalized spacial score (nSPS) is 22.2. The standard InChI is InChI=1S/C15H23NO3/c1-15(2)9-12(6-7-19-15)16-10-11-8-13(18-3)4-5-14(11)17/h4-5,8,12,16-17H,6-7,9-10H2,1-3H3. The maximum atomic E-state index is 9.84. The number of benzene rings is 1. The van der Waals surface area contributed by atoms with Crippen molar-refractivity contribution in [3.05, 3.63) is 23.8 Å². The van der Waals surface area contributed by atoms with Crippen LogP contribution in [0.1, 0.15) is 32.3 Å². The van der Waals surface area contributed by atoms with Crippen molar-refractivity contribution in [2.75, 3.05) is 13.7 Å². The average Bonchev–Trinajstić information content (AvgIpc) is 2.37. The van der Waals surface area contributed by atoms with Gasteiger partial charge in [0.1, 0.15) is 11.5 Å². The summed E-state index contributed by atoms with van der Waals surface area (Å²) in [7, 11) is 1.63. The van der Waals surface area contributed by atoms with E-state index in [4.69, 9.17) is 9.47 Å². The van der Waals surface area contributed by atoms with Crippen LogP contribution in [0, 0.1) is 0 Å². The highest BCUT2D eigenvalue weighted by atomic mass is 16.5. The lowest BCUT2D eigenvalue weighted by molar-refractivity contribution is -0.0630. The molecule has 1 saturated heterocycles. The Morgan fingerprint density at radius 3 is 2.95 bits per heavy atom. The number of ether oxygens (including phenoxy) is 2. The van der Waals surface area contributed by atoms with E-state index in [0.29, 0.717) is 18.3 Å². The van der Waals surface area contributed by atoms with Gasteiger partial charge in [-0.3, -0.25) is 0 Å². The Bertz CT molecular complexity index is 431. The quantitative estimate of drug-likeness (QED) is 0.878. The second kappa shape index (κ2) is 5.80. The SMILES string of the molecule is COc1ccc(O)c(CNC2CCOC(C)(C)C2)c1. The van der Waals surface area contributed by atoms with E-state index >= 15 is 0 Å². The molecule has 0 bridgehead atoms. The first-order valence-electron chi connectivity index (χ1n) is 6.73. The molecule has 0 saturated carbocycles. The highest BCUT2D eigenvalue weighted by molar-refractivity contribution is 5.39. The predicted octanol–water partition coefficient (Wildman–Crippen LogP) is 2.45. The molecule has 0 radical (unpaired) electrons. The summed E-state index contributed by atoms with van der Waals surface area (Å²) in [5.41, 5.74) is 0.801. The maximum Gasteiger partial charge on any atom is 0.120 e. The summed E-state index contributed by atoms with van der Waals surface area (Å²) in [6, 6.07) is 5.72. The minimum absolute atomic E-state index is 0.0632. The molecule has 1 aliphatic heterocycles. The van der Waals surface area contributed by atoms with Gasteiger partial charge >= 0.3 is 0 Å². The van der Waals surface area contributed by atoms with Gasteiger partial charge in [-0.1, -0.05) is 0 Å². The second-order valence-electron chi connectivity index (χ2n) is 5.67. The molecule has 0 aliphatic carbocycles. The van der Waals surface area contributed by atoms with E-state index in [1.807, 2.05) is 6.07 Å². The van der Waals surface area contributed by atoms with Crippen LogP contribution in [0.2, 0.25) is 0 Å². The third-order valence-corrected chi connectivity index (χ3v) is 3.56. The monoisotopic (exact) mass is 265 g/mol. The molecule has 0 aromatic heterocycles. The van der Waals surface area contributed by atoms with Gasteiger partial charge in [0.05, 0.1) is 12.7 Å². The topological polar surface area (TPSA) is 50.7 Å². The molecule has 0 amide bonds. The predicted molar refractivity (Wildman–Crippen MR) is 74.6 cm³/mol. The summed E-state index contributed by atoms with van der Waals surface area (Å²) in [6.45, 7) is 5.66. The number of rotatable bonds is 4. The zero-order valence-corrected chi connectivity index (χ0v) is 11.9. The number of aromatic hydroxyl groups is 1. The van der Waals surface area contributed by atoms with Crippen LogP contribution in [0.15, 0.2) is 18.2 Å². The van der Waals surface area contributed by atoms with Crippen molar-refractivity contribution in [1.82, 2.24) is 5.32 Å². The fourth-order valence-corrected chi connectivity index (χ4v) is 2.49. The fourth-order valence-electron chi connectivity index (χ4n) is 2.49. The van der Waals surface area contributed by atoms with Crippen LogP contribution in [-0.2, 0) is 11.3 Å². The van der Waals surface area contributed by atoms with Crippen LogP contribution in [0.5, 0.6) is 11.5 Å². The fraction of sp³-hybridized carbons (Fsp3) is 0.600. The van der Waals surface area contributed by atoms with E-state index in [2.05, 4.69) is 19.2 Å². The van der Waals surface area contributed by atoms with Gasteiger partial charge in [0, 0.05) is 24.8 Å². The molecule has 1 aromatic rings. The van der Waals surface area contributed by atoms with Gasteiger partial charge < -0.3 is 19.9 Å². The molecule has 1 aliphatic rings. The summed E-state index contributed by atoms with van der Waals surface area (Å²) in [4.78, 5) is 0. The van der Waals surface area contributed by atoms with Gasteiger partial charge in [-0.2, -0.15) is 0 Å². The Hall–Kier alpha value is -1.26. The Balaban J connectivity index is 1.95. The number of methoxy groups -OCH3 is 1. The highest BCUT2D eigenvalue weighted by Crippen LogP contribution is 2.26. The number of nitrogens with one attached hydrogen (secondary N) is 1. The molecule has 1 fully saturated rings. The summed E-state index contributed by atoms with van der Waals surface area (Å²) < 4.78 is 10.9. The molecule has 1 unspecified atom stereocenters. The maximum absolute atomic E-state index is 9.84. The van der Waals surface area contributed by atoms with E-state index in [9.17, 15) is 5.11 Å². The number of phenols is 1. The molecule has 1 atom stereocenters. The summed E-state index contributed by atoms with van der Waals surface area (Å²) in [6.07, 6.45) is 1.99. The van der Waals surface area contributed by atoms with Crippen molar-refractivity contribution in [2.45, 2.75) is 44.9 Å². The van der Waals surface area contributed by atoms with Gasteiger partial charge in [-0.25, -0.2) is 0 Å². The van der Waals surface area contributed by atoms with Crippen LogP contribution in [-0.4, -0.2) is 30.5 Å². The van der Waals surface area contributed by atoms with Crippen molar-refractivity contribution < 1.29 is 14.6 Å². The van der Waals surface area contributed by atoms with Crippen LogP contribution in [0.25, 0.3) is 0 Å². The first-order valence-corrected chi connectivity index (χ1v) is 6.73. The van der Waals surface area contributed by atoms with Crippen molar-refractivity contribution in [1.29, 1.82) is 0 Å². The minimum atomic E-state index is -0.0632. The third-order valence-electron chi connectivity index (χ3n) is 3.56. The van der Waals surface area contributed by atoms with Crippen LogP contribution in [0.4, 0.5) is 0 Å². The first-order chi connectivity index (χ1) is 9.00. The van der Waals surface area contributed by atoms with E-state index in [0.717, 1.165) is 30.8 Å². The van der Waals surface area contributed by atoms with Crippen molar-refractivity contribution in [2.24, 2.45) is 0 Å². The third kappa shape index (κ3) is 3.85. The smallest absolute Gasteiger partial charge is 0.120 e. The largest absolute Gasteiger partial charge is 0.508 e. The zero-order valence-electron chi connectivity index (χ0n) is 11.9. The Morgan fingerprint density at radius 1 is 1.47 bits per heavy atom. The summed E-state index contributed by atoms with van der Waals surface area (Å²) in [5.74, 6) is 1.07. The van der Waals surface area contributed by atoms with Crippen molar-refractivity contribution in [3.63, 3.8) is 0 Å². The molecule has 2 N–H and O–H groups in total. The lowest BCUT2D eigenvalue weighted by Gasteiger charge is -2.36. The van der Waals surface area contributed by atoms with Crippen molar-refractivity contribution in [3.8, 4) is 11.5 Å². The second-order valence-corrected chi connectivity index (χ2v) is 5.67. The van der Waals surface area contributed by atoms with Gasteiger partial charge in [-0.15, -0.1) is 0 Å². The summed E-state index contributed by atoms with van der Waals surface area (Å²) >= 11 is 0. The molecule has 4 heteroatoms. The Labute approximate surface area is 114 Å². The molecule has 19 heavy (non-hydrogen) atoms. The molecule has 1 heterocycles. The van der Waals surface area contributed by atoms with Gasteiger partial charge in [0.25, 0.3) is 0 Å². The average molecular weight is 265 g/mol. The lowest BCUT2D eigenvalue weighted by Crippen LogP contribution is -2.43. The highest BCUT2D eigenvalue weighted by Gasteiger charge is 2.28. The lowest BCUT2D eigenvalue weighted by atomic mass is 9.94. The molecule has 1 aromatic carbocycles. The van der Waals surface area contributed by atoms with Crippen LogP contribution >= 0.6 is 0 Å². The molecule has 4 nitrogen and oxygen atoms in total. The van der Waals surface area contributed by atoms with Gasteiger partial charge in [0.15, 0.2) is 0 Å². The van der Waals surface area contributed by atoms with Gasteiger partial charge in [0.2, 0.25) is 0 Å². The molecular formula is C15H23NO3. The van der Waals surface area contributed by atoms with E-state index in [1.165, 1.54) is 0 Å². The minimum Gasteiger partial charge on any atom is -0.508 e. The van der Waals surface area contributed by atoms with Gasteiger partial charge in [-0.05, 0) is 44.9 Å². The molecule has 2 rings (SSSR count). The van der Waals surface area contributed by atoms with E-state index < -0.39 is 0 Å². The van der Waals surface area contributed by atoms with Crippen molar-refractivity contribution >= 4 is 0 Å². The van der Waals surface area contributed by atoms with E-state index in [-0.39, 0.29) is 5.60 Å². The molecular weight excluding hydrogens is 242 g/mol. The molecule has 0 spiro atoms. The Morgan fingerprint density at radius 2 is 2.26 bits per heavy atom. The summed E-state index contributed by atoms with van der Waals surface area (Å²) in [5, 5.41) is 13.3. The number of hydrogen-bond acceptors (Lipinski definition) is 4. The zero-order chi connectivity index (χ0) is 13.9. The first kappa shape index (κ1) is 14.2. The number of phenolic OH excluding ortho intramolecular Hbond substituents is 1. The van der Waals surface area contributed by atoms with Crippen LogP contribution < -0.4 is 10.1 Å². The van der Waals surface area contributed by atoms with E-state index in [1.54, 1.807) is 19.2 Å². The van der Waals surface area contributed by atoms with Crippen LogP contribution in [0.3, 0.4) is 0 Å². The Kier molecular flexibility index (Phi) is 4.32.